The Bertz CT molecular complexity index is 787. The molecular weight excluding hydrogens is 382 g/mol. The monoisotopic (exact) mass is 405 g/mol. The molecule has 1 aromatic rings. The molecule has 1 aromatic carbocycles. The number of nitro groups is 1. The van der Waals surface area contributed by atoms with Crippen LogP contribution in [0.1, 0.15) is 18.9 Å². The first-order chi connectivity index (χ1) is 13.5. The van der Waals surface area contributed by atoms with Crippen LogP contribution in [0.2, 0.25) is 0 Å². The smallest absolute Gasteiger partial charge is 0.269 e. The quantitative estimate of drug-likeness (QED) is 0.372. The van der Waals surface area contributed by atoms with Crippen LogP contribution >= 0.6 is 11.8 Å². The average Bonchev–Trinajstić information content (AvgIpc) is 2.93. The van der Waals surface area contributed by atoms with E-state index < -0.39 is 4.92 Å². The van der Waals surface area contributed by atoms with E-state index in [1.165, 1.54) is 40.9 Å². The zero-order chi connectivity index (χ0) is 20.1. The molecule has 0 aliphatic carbocycles. The van der Waals surface area contributed by atoms with Gasteiger partial charge in [-0.1, -0.05) is 6.92 Å². The van der Waals surface area contributed by atoms with E-state index in [-0.39, 0.29) is 17.5 Å². The minimum atomic E-state index is -0.487. The van der Waals surface area contributed by atoms with Gasteiger partial charge in [0.05, 0.1) is 28.6 Å². The van der Waals surface area contributed by atoms with Gasteiger partial charge in [-0.15, -0.1) is 11.8 Å². The Kier molecular flexibility index (Phi) is 6.82. The maximum Gasteiger partial charge on any atom is 0.269 e. The highest BCUT2D eigenvalue weighted by atomic mass is 32.2. The first-order valence-electron chi connectivity index (χ1n) is 9.31. The van der Waals surface area contributed by atoms with Crippen LogP contribution in [0.3, 0.4) is 0 Å². The van der Waals surface area contributed by atoms with Crippen molar-refractivity contribution in [3.05, 3.63) is 44.8 Å². The van der Waals surface area contributed by atoms with Gasteiger partial charge in [-0.2, -0.15) is 0 Å². The number of imide groups is 1. The summed E-state index contributed by atoms with van der Waals surface area (Å²) in [7, 11) is 0. The molecule has 9 heteroatoms. The van der Waals surface area contributed by atoms with Gasteiger partial charge in [-0.3, -0.25) is 29.5 Å². The van der Waals surface area contributed by atoms with Crippen LogP contribution in [-0.2, 0) is 14.3 Å². The third kappa shape index (κ3) is 4.43. The molecule has 2 aliphatic rings. The summed E-state index contributed by atoms with van der Waals surface area (Å²) >= 11 is 1.34. The number of thioether (sulfide) groups is 1. The number of non-ortho nitro benzene ring substituents is 1. The lowest BCUT2D eigenvalue weighted by Crippen LogP contribution is -2.39. The third-order valence-corrected chi connectivity index (χ3v) is 5.70. The largest absolute Gasteiger partial charge is 0.379 e. The number of hydrogen-bond acceptors (Lipinski definition) is 7. The van der Waals surface area contributed by atoms with Gasteiger partial charge in [-0.25, -0.2) is 0 Å². The zero-order valence-electron chi connectivity index (χ0n) is 15.8. The highest BCUT2D eigenvalue weighted by Gasteiger charge is 2.38. The number of morpholine rings is 1. The summed E-state index contributed by atoms with van der Waals surface area (Å²) in [6, 6.07) is 5.78. The van der Waals surface area contributed by atoms with Crippen molar-refractivity contribution >= 4 is 34.8 Å². The van der Waals surface area contributed by atoms with Crippen LogP contribution in [0.4, 0.5) is 5.69 Å². The molecular formula is C19H23N3O5S. The summed E-state index contributed by atoms with van der Waals surface area (Å²) in [5.41, 5.74) is 0.835. The van der Waals surface area contributed by atoms with E-state index in [4.69, 9.17) is 4.74 Å². The lowest BCUT2D eigenvalue weighted by atomic mass is 10.1. The molecule has 3 rings (SSSR count). The second-order valence-electron chi connectivity index (χ2n) is 6.51. The van der Waals surface area contributed by atoms with Gasteiger partial charge < -0.3 is 4.74 Å². The van der Waals surface area contributed by atoms with E-state index in [1.807, 2.05) is 6.92 Å². The summed E-state index contributed by atoms with van der Waals surface area (Å²) in [6.45, 7) is 6.25. The highest BCUT2D eigenvalue weighted by Crippen LogP contribution is 2.36. The van der Waals surface area contributed by atoms with Crippen molar-refractivity contribution in [1.29, 1.82) is 0 Å². The number of ether oxygens (including phenoxy) is 1. The van der Waals surface area contributed by atoms with Crippen LogP contribution < -0.4 is 0 Å². The van der Waals surface area contributed by atoms with Gasteiger partial charge in [0.2, 0.25) is 0 Å². The Balaban J connectivity index is 1.73. The van der Waals surface area contributed by atoms with E-state index >= 15 is 0 Å². The van der Waals surface area contributed by atoms with E-state index in [2.05, 4.69) is 4.90 Å². The maximum atomic E-state index is 13.0. The summed E-state index contributed by atoms with van der Waals surface area (Å²) in [6.07, 6.45) is 0.703. The number of nitro benzene ring substituents is 1. The second kappa shape index (κ2) is 9.31. The van der Waals surface area contributed by atoms with E-state index in [0.29, 0.717) is 48.0 Å². The summed E-state index contributed by atoms with van der Waals surface area (Å²) in [4.78, 5) is 40.2. The van der Waals surface area contributed by atoms with Crippen molar-refractivity contribution in [2.24, 2.45) is 0 Å². The Labute approximate surface area is 167 Å². The number of nitrogens with zero attached hydrogens (tertiary/aromatic N) is 3. The average molecular weight is 405 g/mol. The standard InChI is InChI=1S/C19H23N3O5S/c1-2-28-17-16(14-4-6-15(7-5-14)22(25)26)18(23)21(19(17)24)9-3-8-20-10-12-27-13-11-20/h4-7H,2-3,8-13H2,1H3. The number of carbonyl (C=O) groups is 2. The molecule has 150 valence electrons. The first kappa shape index (κ1) is 20.5. The third-order valence-electron chi connectivity index (χ3n) is 4.74. The van der Waals surface area contributed by atoms with Gasteiger partial charge in [0.15, 0.2) is 0 Å². The lowest BCUT2D eigenvalue weighted by molar-refractivity contribution is -0.384. The number of hydrogen-bond donors (Lipinski definition) is 0. The SMILES string of the molecule is CCSC1=C(c2ccc([N+](=O)[O-])cc2)C(=O)N(CCCN2CCOCC2)C1=O. The van der Waals surface area contributed by atoms with E-state index in [1.54, 1.807) is 0 Å². The van der Waals surface area contributed by atoms with Crippen molar-refractivity contribution in [1.82, 2.24) is 9.80 Å². The van der Waals surface area contributed by atoms with Crippen LogP contribution in [0.15, 0.2) is 29.2 Å². The predicted octanol–water partition coefficient (Wildman–Crippen LogP) is 2.15. The van der Waals surface area contributed by atoms with Gasteiger partial charge in [-0.05, 0) is 29.9 Å². The Morgan fingerprint density at radius 3 is 2.39 bits per heavy atom. The number of rotatable bonds is 8. The lowest BCUT2D eigenvalue weighted by Gasteiger charge is -2.27. The van der Waals surface area contributed by atoms with Crippen LogP contribution in [-0.4, -0.2) is 71.7 Å². The molecule has 0 atom stereocenters. The molecule has 1 saturated heterocycles. The Hall–Kier alpha value is -2.23. The van der Waals surface area contributed by atoms with Crippen LogP contribution in [0.25, 0.3) is 5.57 Å². The minimum absolute atomic E-state index is 0.0480. The molecule has 28 heavy (non-hydrogen) atoms. The number of benzene rings is 1. The van der Waals surface area contributed by atoms with Gasteiger partial charge in [0, 0.05) is 38.3 Å². The van der Waals surface area contributed by atoms with Crippen molar-refractivity contribution in [2.45, 2.75) is 13.3 Å². The fraction of sp³-hybridized carbons (Fsp3) is 0.474. The number of amides is 2. The molecule has 0 saturated carbocycles. The van der Waals surface area contributed by atoms with Crippen molar-refractivity contribution in [3.8, 4) is 0 Å². The second-order valence-corrected chi connectivity index (χ2v) is 7.78. The van der Waals surface area contributed by atoms with Crippen molar-refractivity contribution in [3.63, 3.8) is 0 Å². The van der Waals surface area contributed by atoms with Gasteiger partial charge in [0.25, 0.3) is 17.5 Å². The molecule has 0 N–H and O–H groups in total. The van der Waals surface area contributed by atoms with Crippen molar-refractivity contribution in [2.75, 3.05) is 45.1 Å². The van der Waals surface area contributed by atoms with Crippen LogP contribution in [0.5, 0.6) is 0 Å². The molecule has 2 amide bonds. The molecule has 0 radical (unpaired) electrons. The molecule has 2 heterocycles. The molecule has 0 aromatic heterocycles. The molecule has 0 spiro atoms. The van der Waals surface area contributed by atoms with Crippen molar-refractivity contribution < 1.29 is 19.2 Å². The fourth-order valence-corrected chi connectivity index (χ4v) is 4.19. The summed E-state index contributed by atoms with van der Waals surface area (Å²) < 4.78 is 5.33. The predicted molar refractivity (Wildman–Crippen MR) is 107 cm³/mol. The van der Waals surface area contributed by atoms with E-state index in [9.17, 15) is 19.7 Å². The number of carbonyl (C=O) groups excluding carboxylic acids is 2. The highest BCUT2D eigenvalue weighted by molar-refractivity contribution is 8.04. The zero-order valence-corrected chi connectivity index (χ0v) is 16.6. The summed E-state index contributed by atoms with van der Waals surface area (Å²) in [5.74, 6) is 0.0656. The van der Waals surface area contributed by atoms with Gasteiger partial charge in [0.1, 0.15) is 0 Å². The molecule has 0 bridgehead atoms. The topological polar surface area (TPSA) is 93.0 Å². The van der Waals surface area contributed by atoms with Gasteiger partial charge >= 0.3 is 0 Å². The molecule has 0 unspecified atom stereocenters. The first-order valence-corrected chi connectivity index (χ1v) is 10.3. The maximum absolute atomic E-state index is 13.0. The normalized spacial score (nSPS) is 18.2. The van der Waals surface area contributed by atoms with E-state index in [0.717, 1.165) is 19.6 Å². The minimum Gasteiger partial charge on any atom is -0.379 e. The Morgan fingerprint density at radius 2 is 1.79 bits per heavy atom. The fourth-order valence-electron chi connectivity index (χ4n) is 3.32. The Morgan fingerprint density at radius 1 is 1.11 bits per heavy atom. The molecule has 8 nitrogen and oxygen atoms in total. The van der Waals surface area contributed by atoms with Crippen LogP contribution in [0, 0.1) is 10.1 Å². The molecule has 1 fully saturated rings. The summed E-state index contributed by atoms with van der Waals surface area (Å²) in [5, 5.41) is 10.9. The molecule has 2 aliphatic heterocycles.